The van der Waals surface area contributed by atoms with E-state index in [0.29, 0.717) is 40.1 Å². The Hall–Kier alpha value is -4.99. The second-order valence-corrected chi connectivity index (χ2v) is 10.0. The Morgan fingerprint density at radius 3 is 2.38 bits per heavy atom. The number of hydrogen-bond acceptors (Lipinski definition) is 6. The molecule has 0 radical (unpaired) electrons. The molecule has 10 heteroatoms. The molecule has 0 saturated heterocycles. The highest BCUT2D eigenvalue weighted by Gasteiger charge is 2.15. The third-order valence-electron chi connectivity index (χ3n) is 6.08. The van der Waals surface area contributed by atoms with Crippen molar-refractivity contribution in [1.82, 2.24) is 19.9 Å². The van der Waals surface area contributed by atoms with Crippen LogP contribution in [0.5, 0.6) is 0 Å². The summed E-state index contributed by atoms with van der Waals surface area (Å²) in [5.74, 6) is -0.120. The number of nitrogens with zero attached hydrogens (tertiary/aromatic N) is 3. The number of anilines is 4. The van der Waals surface area contributed by atoms with E-state index in [-0.39, 0.29) is 11.8 Å². The predicted molar refractivity (Wildman–Crippen MR) is 171 cm³/mol. The predicted octanol–water partition coefficient (Wildman–Crippen LogP) is 6.68. The summed E-state index contributed by atoms with van der Waals surface area (Å²) in [5, 5.41) is 9.26. The summed E-state index contributed by atoms with van der Waals surface area (Å²) in [6.07, 6.45) is 12.2. The fraction of sp³-hybridized carbons (Fsp3) is 0.125. The molecule has 0 bridgehead atoms. The van der Waals surface area contributed by atoms with Crippen LogP contribution in [0.2, 0.25) is 5.02 Å². The van der Waals surface area contributed by atoms with Crippen molar-refractivity contribution in [3.8, 4) is 11.3 Å². The zero-order valence-electron chi connectivity index (χ0n) is 23.6. The van der Waals surface area contributed by atoms with Crippen molar-refractivity contribution in [3.05, 3.63) is 114 Å². The van der Waals surface area contributed by atoms with Gasteiger partial charge in [-0.1, -0.05) is 42.5 Å². The number of benzene rings is 2. The number of allylic oxidation sites excluding steroid dienone is 2. The van der Waals surface area contributed by atoms with E-state index in [9.17, 15) is 9.59 Å². The number of hydrogen-bond donors (Lipinski definition) is 4. The van der Waals surface area contributed by atoms with Crippen LogP contribution in [0.4, 0.5) is 23.0 Å². The van der Waals surface area contributed by atoms with Crippen LogP contribution in [-0.4, -0.2) is 52.3 Å². The number of aromatic amines is 1. The maximum atomic E-state index is 12.8. The third kappa shape index (κ3) is 8.03. The number of halogens is 1. The molecular formula is C32H32ClN7O2. The number of rotatable bonds is 11. The summed E-state index contributed by atoms with van der Waals surface area (Å²) >= 11 is 6.45. The number of H-pyrrole nitrogens is 1. The molecule has 0 spiro atoms. The molecular weight excluding hydrogens is 550 g/mol. The number of aromatic nitrogens is 3. The summed E-state index contributed by atoms with van der Waals surface area (Å²) in [7, 11) is 3.85. The van der Waals surface area contributed by atoms with E-state index in [4.69, 9.17) is 11.6 Å². The highest BCUT2D eigenvalue weighted by molar-refractivity contribution is 6.33. The topological polar surface area (TPSA) is 115 Å². The molecule has 2 aromatic heterocycles. The lowest BCUT2D eigenvalue weighted by Gasteiger charge is -2.10. The first kappa shape index (κ1) is 30.0. The normalized spacial score (nSPS) is 11.3. The lowest BCUT2D eigenvalue weighted by molar-refractivity contribution is -0.111. The Morgan fingerprint density at radius 1 is 1.02 bits per heavy atom. The number of amides is 2. The van der Waals surface area contributed by atoms with Gasteiger partial charge in [0.2, 0.25) is 11.9 Å². The van der Waals surface area contributed by atoms with Gasteiger partial charge in [-0.3, -0.25) is 9.59 Å². The summed E-state index contributed by atoms with van der Waals surface area (Å²) in [6, 6.07) is 13.9. The molecule has 4 aromatic rings. The van der Waals surface area contributed by atoms with Crippen molar-refractivity contribution < 1.29 is 9.59 Å². The largest absolute Gasteiger partial charge is 0.364 e. The van der Waals surface area contributed by atoms with E-state index in [0.717, 1.165) is 22.5 Å². The number of carbonyl (C=O) groups is 2. The van der Waals surface area contributed by atoms with E-state index in [1.54, 1.807) is 54.7 Å². The van der Waals surface area contributed by atoms with Crippen LogP contribution in [0.15, 0.2) is 91.8 Å². The van der Waals surface area contributed by atoms with Crippen LogP contribution in [0, 0.1) is 6.92 Å². The zero-order chi connectivity index (χ0) is 30.1. The minimum absolute atomic E-state index is 0.229. The Bertz CT molecular complexity index is 1620. The minimum Gasteiger partial charge on any atom is -0.364 e. The first-order chi connectivity index (χ1) is 20.2. The Balaban J connectivity index is 1.38. The van der Waals surface area contributed by atoms with Crippen molar-refractivity contribution >= 4 is 52.5 Å². The smallest absolute Gasteiger partial charge is 0.255 e. The van der Waals surface area contributed by atoms with E-state index in [1.165, 1.54) is 6.08 Å². The van der Waals surface area contributed by atoms with Gasteiger partial charge in [0.15, 0.2) is 0 Å². The molecule has 2 amide bonds. The molecule has 4 rings (SSSR count). The van der Waals surface area contributed by atoms with Crippen molar-refractivity contribution in [3.63, 3.8) is 0 Å². The quantitative estimate of drug-likeness (QED) is 0.116. The third-order valence-corrected chi connectivity index (χ3v) is 6.36. The summed E-state index contributed by atoms with van der Waals surface area (Å²) in [5.41, 5.74) is 5.81. The maximum absolute atomic E-state index is 12.8. The molecule has 2 heterocycles. The molecule has 0 fully saturated rings. The molecule has 0 aliphatic carbocycles. The fourth-order valence-electron chi connectivity index (χ4n) is 3.96. The van der Waals surface area contributed by atoms with Gasteiger partial charge in [-0.15, -0.1) is 0 Å². The molecule has 0 unspecified atom stereocenters. The number of nitrogens with one attached hydrogen (secondary N) is 4. The molecule has 42 heavy (non-hydrogen) atoms. The van der Waals surface area contributed by atoms with Gasteiger partial charge in [-0.2, -0.15) is 0 Å². The summed E-state index contributed by atoms with van der Waals surface area (Å²) in [4.78, 5) is 38.9. The molecule has 214 valence electrons. The lowest BCUT2D eigenvalue weighted by atomic mass is 10.1. The van der Waals surface area contributed by atoms with Crippen LogP contribution in [0.3, 0.4) is 0 Å². The van der Waals surface area contributed by atoms with Crippen LogP contribution in [-0.2, 0) is 4.79 Å². The minimum atomic E-state index is -0.270. The molecule has 4 N–H and O–H groups in total. The fourth-order valence-corrected chi connectivity index (χ4v) is 4.15. The monoisotopic (exact) mass is 581 g/mol. The van der Waals surface area contributed by atoms with Crippen molar-refractivity contribution in [2.24, 2.45) is 0 Å². The summed E-state index contributed by atoms with van der Waals surface area (Å²) in [6.45, 7) is 6.38. The van der Waals surface area contributed by atoms with Gasteiger partial charge in [-0.05, 0) is 69.6 Å². The molecule has 0 atom stereocenters. The van der Waals surface area contributed by atoms with E-state index >= 15 is 0 Å². The van der Waals surface area contributed by atoms with E-state index < -0.39 is 0 Å². The Labute approximate surface area is 250 Å². The van der Waals surface area contributed by atoms with Gasteiger partial charge in [0.1, 0.15) is 0 Å². The molecule has 0 aliphatic heterocycles. The van der Waals surface area contributed by atoms with Gasteiger partial charge in [0.05, 0.1) is 16.9 Å². The maximum Gasteiger partial charge on any atom is 0.255 e. The highest BCUT2D eigenvalue weighted by atomic mass is 35.5. The lowest BCUT2D eigenvalue weighted by Crippen LogP contribution is -2.13. The summed E-state index contributed by atoms with van der Waals surface area (Å²) < 4.78 is 0. The molecule has 0 saturated carbocycles. The van der Waals surface area contributed by atoms with Gasteiger partial charge >= 0.3 is 0 Å². The van der Waals surface area contributed by atoms with Gasteiger partial charge < -0.3 is 25.8 Å². The second kappa shape index (κ2) is 14.1. The number of carbonyl (C=O) groups excluding carboxylic acids is 2. The Kier molecular flexibility index (Phi) is 10.0. The van der Waals surface area contributed by atoms with Crippen LogP contribution >= 0.6 is 11.6 Å². The van der Waals surface area contributed by atoms with Crippen molar-refractivity contribution in [1.29, 1.82) is 0 Å². The Morgan fingerprint density at radius 2 is 1.69 bits per heavy atom. The second-order valence-electron chi connectivity index (χ2n) is 9.61. The first-order valence-corrected chi connectivity index (χ1v) is 13.5. The SMILES string of the molecule is C=CC=Cc1c(-c2nc(Nc3ccc(NC(=O)c4ccc(NC(=O)C=CCN(C)C)cc4)cc3)ncc2Cl)c[nH]c1C. The molecule has 0 aliphatic rings. The van der Waals surface area contributed by atoms with Gasteiger partial charge in [-0.25, -0.2) is 9.97 Å². The average molecular weight is 582 g/mol. The van der Waals surface area contributed by atoms with Gasteiger partial charge in [0, 0.05) is 58.3 Å². The number of aryl methyl sites for hydroxylation is 1. The van der Waals surface area contributed by atoms with Gasteiger partial charge in [0.25, 0.3) is 5.91 Å². The standard InChI is InChI=1S/C32H32ClN7O2/c1-5-6-8-26-21(2)34-19-27(26)30-28(33)20-35-32(39-30)38-25-16-14-24(15-17-25)37-31(42)22-10-12-23(13-11-22)36-29(41)9-7-18-40(3)4/h5-17,19-20,34H,1,18H2,2-4H3,(H,36,41)(H,37,42)(H,35,38,39). The van der Waals surface area contributed by atoms with Crippen molar-refractivity contribution in [2.75, 3.05) is 36.6 Å². The number of likely N-dealkylation sites (N-methyl/N-ethyl adjacent to an activating group) is 1. The van der Waals surface area contributed by atoms with Crippen LogP contribution in [0.25, 0.3) is 17.3 Å². The molecule has 2 aromatic carbocycles. The first-order valence-electron chi connectivity index (χ1n) is 13.1. The van der Waals surface area contributed by atoms with E-state index in [2.05, 4.69) is 37.5 Å². The zero-order valence-corrected chi connectivity index (χ0v) is 24.4. The van der Waals surface area contributed by atoms with Crippen LogP contribution in [0.1, 0.15) is 21.6 Å². The van der Waals surface area contributed by atoms with Crippen molar-refractivity contribution in [2.45, 2.75) is 6.92 Å². The average Bonchev–Trinajstić information content (AvgIpc) is 3.33. The highest BCUT2D eigenvalue weighted by Crippen LogP contribution is 2.32. The van der Waals surface area contributed by atoms with Crippen LogP contribution < -0.4 is 16.0 Å². The molecule has 9 nitrogen and oxygen atoms in total. The van der Waals surface area contributed by atoms with E-state index in [1.807, 2.05) is 56.4 Å².